The lowest BCUT2D eigenvalue weighted by atomic mass is 9.91. The lowest BCUT2D eigenvalue weighted by Gasteiger charge is -2.34. The van der Waals surface area contributed by atoms with E-state index in [1.807, 2.05) is 6.92 Å². The van der Waals surface area contributed by atoms with Crippen molar-refractivity contribution in [3.05, 3.63) is 35.4 Å². The number of alkyl halides is 3. The van der Waals surface area contributed by atoms with E-state index in [2.05, 4.69) is 41.4 Å². The van der Waals surface area contributed by atoms with Crippen molar-refractivity contribution in [2.24, 2.45) is 5.92 Å². The van der Waals surface area contributed by atoms with Crippen LogP contribution in [-0.2, 0) is 6.54 Å². The number of rotatable bonds is 6. The Hall–Kier alpha value is -1.07. The Bertz CT molecular complexity index is 470. The Morgan fingerprint density at radius 2 is 1.96 bits per heavy atom. The van der Waals surface area contributed by atoms with E-state index in [-0.39, 0.29) is 6.04 Å². The summed E-state index contributed by atoms with van der Waals surface area (Å²) in [7, 11) is 0. The number of piperidine rings is 1. The first-order valence-electron chi connectivity index (χ1n) is 8.40. The molecule has 1 aromatic carbocycles. The molecule has 0 aromatic heterocycles. The van der Waals surface area contributed by atoms with Crippen molar-refractivity contribution in [1.82, 2.24) is 10.2 Å². The van der Waals surface area contributed by atoms with E-state index in [0.717, 1.165) is 38.9 Å². The Labute approximate surface area is 137 Å². The third-order valence-electron chi connectivity index (χ3n) is 4.47. The highest BCUT2D eigenvalue weighted by molar-refractivity contribution is 5.21. The van der Waals surface area contributed by atoms with Crippen LogP contribution in [0.4, 0.5) is 13.2 Å². The zero-order valence-electron chi connectivity index (χ0n) is 14.0. The Balaban J connectivity index is 1.77. The lowest BCUT2D eigenvalue weighted by molar-refractivity contribution is -0.126. The summed E-state index contributed by atoms with van der Waals surface area (Å²) < 4.78 is 36.8. The molecular formula is C18H27F3N2. The van der Waals surface area contributed by atoms with E-state index in [4.69, 9.17) is 0 Å². The molecule has 1 fully saturated rings. The fourth-order valence-electron chi connectivity index (χ4n) is 3.31. The molecule has 1 heterocycles. The molecule has 1 aromatic rings. The minimum Gasteiger partial charge on any atom is -0.306 e. The smallest absolute Gasteiger partial charge is 0.306 e. The van der Waals surface area contributed by atoms with E-state index < -0.39 is 12.7 Å². The van der Waals surface area contributed by atoms with Gasteiger partial charge in [-0.1, -0.05) is 29.8 Å². The number of benzene rings is 1. The van der Waals surface area contributed by atoms with Gasteiger partial charge < -0.3 is 5.32 Å². The third-order valence-corrected chi connectivity index (χ3v) is 4.47. The number of hydrogen-bond acceptors (Lipinski definition) is 2. The second-order valence-corrected chi connectivity index (χ2v) is 6.86. The van der Waals surface area contributed by atoms with E-state index in [9.17, 15) is 13.2 Å². The molecule has 0 radical (unpaired) electrons. The van der Waals surface area contributed by atoms with Gasteiger partial charge in [0.05, 0.1) is 6.54 Å². The van der Waals surface area contributed by atoms with Crippen LogP contribution in [-0.4, -0.2) is 36.8 Å². The Morgan fingerprint density at radius 1 is 1.26 bits per heavy atom. The number of nitrogens with zero attached hydrogens (tertiary/aromatic N) is 1. The van der Waals surface area contributed by atoms with Crippen LogP contribution in [0.25, 0.3) is 0 Å². The van der Waals surface area contributed by atoms with Gasteiger partial charge in [0, 0.05) is 19.1 Å². The molecule has 0 saturated carbocycles. The fraction of sp³-hybridized carbons (Fsp3) is 0.667. The molecule has 0 spiro atoms. The SMILES string of the molecule is Cc1ccc(CN2CCCC(CC(C)NCC(F)(F)F)C2)cc1. The van der Waals surface area contributed by atoms with Gasteiger partial charge in [-0.25, -0.2) is 0 Å². The molecule has 0 aliphatic carbocycles. The first-order chi connectivity index (χ1) is 10.8. The van der Waals surface area contributed by atoms with E-state index in [0.29, 0.717) is 5.92 Å². The zero-order valence-corrected chi connectivity index (χ0v) is 14.0. The summed E-state index contributed by atoms with van der Waals surface area (Å²) in [6.45, 7) is 6.02. The van der Waals surface area contributed by atoms with Crippen LogP contribution in [0.3, 0.4) is 0 Å². The molecule has 130 valence electrons. The van der Waals surface area contributed by atoms with Gasteiger partial charge in [0.25, 0.3) is 0 Å². The molecule has 1 aliphatic rings. The van der Waals surface area contributed by atoms with Crippen molar-refractivity contribution < 1.29 is 13.2 Å². The van der Waals surface area contributed by atoms with Crippen LogP contribution in [0.5, 0.6) is 0 Å². The first-order valence-corrected chi connectivity index (χ1v) is 8.40. The number of nitrogens with one attached hydrogen (secondary N) is 1. The van der Waals surface area contributed by atoms with E-state index >= 15 is 0 Å². The molecule has 2 unspecified atom stereocenters. The number of aryl methyl sites for hydroxylation is 1. The minimum absolute atomic E-state index is 0.0963. The Morgan fingerprint density at radius 3 is 2.61 bits per heavy atom. The summed E-state index contributed by atoms with van der Waals surface area (Å²) in [5, 5.41) is 2.60. The predicted octanol–water partition coefficient (Wildman–Crippen LogP) is 4.14. The monoisotopic (exact) mass is 328 g/mol. The van der Waals surface area contributed by atoms with Gasteiger partial charge in [-0.2, -0.15) is 13.2 Å². The molecule has 2 rings (SSSR count). The quantitative estimate of drug-likeness (QED) is 0.844. The number of likely N-dealkylation sites (tertiary alicyclic amines) is 1. The van der Waals surface area contributed by atoms with Gasteiger partial charge in [0.15, 0.2) is 0 Å². The normalized spacial score (nSPS) is 21.3. The highest BCUT2D eigenvalue weighted by Crippen LogP contribution is 2.23. The van der Waals surface area contributed by atoms with Gasteiger partial charge in [0.2, 0.25) is 0 Å². The van der Waals surface area contributed by atoms with Gasteiger partial charge in [-0.3, -0.25) is 4.90 Å². The summed E-state index contributed by atoms with van der Waals surface area (Å²) in [4.78, 5) is 2.43. The van der Waals surface area contributed by atoms with Crippen LogP contribution in [0, 0.1) is 12.8 Å². The van der Waals surface area contributed by atoms with Gasteiger partial charge in [-0.15, -0.1) is 0 Å². The Kier molecular flexibility index (Phi) is 6.48. The molecule has 5 heteroatoms. The topological polar surface area (TPSA) is 15.3 Å². The van der Waals surface area contributed by atoms with Crippen molar-refractivity contribution in [1.29, 1.82) is 0 Å². The average Bonchev–Trinajstić information content (AvgIpc) is 2.47. The van der Waals surface area contributed by atoms with Gasteiger partial charge in [-0.05, 0) is 51.1 Å². The highest BCUT2D eigenvalue weighted by atomic mass is 19.4. The maximum absolute atomic E-state index is 12.3. The molecule has 1 N–H and O–H groups in total. The van der Waals surface area contributed by atoms with E-state index in [1.54, 1.807) is 0 Å². The third kappa shape index (κ3) is 6.92. The van der Waals surface area contributed by atoms with Crippen LogP contribution >= 0.6 is 0 Å². The summed E-state index contributed by atoms with van der Waals surface area (Å²) >= 11 is 0. The first kappa shape index (κ1) is 18.3. The van der Waals surface area contributed by atoms with Gasteiger partial charge in [0.1, 0.15) is 0 Å². The van der Waals surface area contributed by atoms with Gasteiger partial charge >= 0.3 is 6.18 Å². The molecule has 2 atom stereocenters. The molecular weight excluding hydrogens is 301 g/mol. The summed E-state index contributed by atoms with van der Waals surface area (Å²) in [6, 6.07) is 8.47. The summed E-state index contributed by atoms with van der Waals surface area (Å²) in [5.41, 5.74) is 2.56. The molecule has 1 saturated heterocycles. The van der Waals surface area contributed by atoms with E-state index in [1.165, 1.54) is 11.1 Å². The second kappa shape index (κ2) is 8.15. The maximum atomic E-state index is 12.3. The molecule has 23 heavy (non-hydrogen) atoms. The van der Waals surface area contributed by atoms with Crippen molar-refractivity contribution in [3.8, 4) is 0 Å². The highest BCUT2D eigenvalue weighted by Gasteiger charge is 2.28. The van der Waals surface area contributed by atoms with Crippen LogP contribution in [0.2, 0.25) is 0 Å². The predicted molar refractivity (Wildman–Crippen MR) is 87.3 cm³/mol. The lowest BCUT2D eigenvalue weighted by Crippen LogP contribution is -2.40. The number of hydrogen-bond donors (Lipinski definition) is 1. The van der Waals surface area contributed by atoms with Crippen LogP contribution in [0.15, 0.2) is 24.3 Å². The summed E-state index contributed by atoms with van der Waals surface area (Å²) in [6.07, 6.45) is -1.08. The molecule has 1 aliphatic heterocycles. The van der Waals surface area contributed by atoms with Crippen molar-refractivity contribution in [3.63, 3.8) is 0 Å². The molecule has 0 bridgehead atoms. The average molecular weight is 328 g/mol. The number of halogens is 3. The summed E-state index contributed by atoms with van der Waals surface area (Å²) in [5.74, 6) is 0.477. The maximum Gasteiger partial charge on any atom is 0.401 e. The molecule has 2 nitrogen and oxygen atoms in total. The largest absolute Gasteiger partial charge is 0.401 e. The second-order valence-electron chi connectivity index (χ2n) is 6.86. The van der Waals surface area contributed by atoms with Crippen LogP contribution in [0.1, 0.15) is 37.3 Å². The molecule has 0 amide bonds. The van der Waals surface area contributed by atoms with Crippen molar-refractivity contribution in [2.45, 2.75) is 51.9 Å². The minimum atomic E-state index is -4.13. The standard InChI is InChI=1S/C18H27F3N2/c1-14-5-7-16(8-6-14)11-23-9-3-4-17(12-23)10-15(2)22-13-18(19,20)21/h5-8,15,17,22H,3-4,9-13H2,1-2H3. The van der Waals surface area contributed by atoms with Crippen molar-refractivity contribution in [2.75, 3.05) is 19.6 Å². The fourth-order valence-corrected chi connectivity index (χ4v) is 3.31. The van der Waals surface area contributed by atoms with Crippen LogP contribution < -0.4 is 5.32 Å². The zero-order chi connectivity index (χ0) is 16.9. The van der Waals surface area contributed by atoms with Crippen molar-refractivity contribution >= 4 is 0 Å².